The first kappa shape index (κ1) is 10.1. The van der Waals surface area contributed by atoms with Gasteiger partial charge < -0.3 is 4.90 Å². The average molecular weight is 218 g/mol. The lowest BCUT2D eigenvalue weighted by atomic mass is 10.4. The predicted molar refractivity (Wildman–Crippen MR) is 58.3 cm³/mol. The molecule has 1 fully saturated rings. The summed E-state index contributed by atoms with van der Waals surface area (Å²) in [6, 6.07) is 11.7. The van der Waals surface area contributed by atoms with Gasteiger partial charge in [0, 0.05) is 4.90 Å². The molecule has 0 radical (unpaired) electrons. The number of rotatable bonds is 3. The van der Waals surface area contributed by atoms with Gasteiger partial charge >= 0.3 is 0 Å². The number of hydrogen-bond donors (Lipinski definition) is 0. The average Bonchev–Trinajstić information content (AvgIpc) is 3.06. The molecule has 1 aliphatic heterocycles. The molecule has 1 atom stereocenters. The SMILES string of the molecule is N#CC1CN1C(=O)CSc1ccccc1. The molecule has 1 saturated heterocycles. The maximum Gasteiger partial charge on any atom is 0.234 e. The summed E-state index contributed by atoms with van der Waals surface area (Å²) in [7, 11) is 0. The van der Waals surface area contributed by atoms with Crippen LogP contribution in [0.5, 0.6) is 0 Å². The Morgan fingerprint density at radius 3 is 2.87 bits per heavy atom. The number of nitrogens with zero attached hydrogens (tertiary/aromatic N) is 2. The lowest BCUT2D eigenvalue weighted by molar-refractivity contribution is -0.123. The molecule has 4 heteroatoms. The summed E-state index contributed by atoms with van der Waals surface area (Å²) in [5, 5.41) is 8.56. The van der Waals surface area contributed by atoms with E-state index >= 15 is 0 Å². The Morgan fingerprint density at radius 1 is 1.53 bits per heavy atom. The molecule has 0 N–H and O–H groups in total. The maximum absolute atomic E-state index is 11.5. The molecule has 1 aromatic rings. The lowest BCUT2D eigenvalue weighted by Crippen LogP contribution is -2.15. The third kappa shape index (κ3) is 2.51. The van der Waals surface area contributed by atoms with Crippen LogP contribution in [0.2, 0.25) is 0 Å². The minimum Gasteiger partial charge on any atom is -0.321 e. The van der Waals surface area contributed by atoms with Crippen LogP contribution >= 0.6 is 11.8 Å². The van der Waals surface area contributed by atoms with E-state index in [1.807, 2.05) is 30.3 Å². The van der Waals surface area contributed by atoms with Gasteiger partial charge in [-0.15, -0.1) is 11.8 Å². The Balaban J connectivity index is 1.80. The topological polar surface area (TPSA) is 43.9 Å². The summed E-state index contributed by atoms with van der Waals surface area (Å²) >= 11 is 1.51. The summed E-state index contributed by atoms with van der Waals surface area (Å²) in [6.45, 7) is 0.602. The standard InChI is InChI=1S/C11H10N2OS/c12-6-9-7-13(9)11(14)8-15-10-4-2-1-3-5-10/h1-5,9H,7-8H2. The van der Waals surface area contributed by atoms with E-state index in [1.165, 1.54) is 11.8 Å². The van der Waals surface area contributed by atoms with Crippen LogP contribution in [0.25, 0.3) is 0 Å². The van der Waals surface area contributed by atoms with Crippen LogP contribution < -0.4 is 0 Å². The largest absolute Gasteiger partial charge is 0.321 e. The molecule has 0 aromatic heterocycles. The van der Waals surface area contributed by atoms with Crippen molar-refractivity contribution >= 4 is 17.7 Å². The Bertz CT molecular complexity index is 399. The Hall–Kier alpha value is -1.47. The van der Waals surface area contributed by atoms with Gasteiger partial charge in [-0.1, -0.05) is 18.2 Å². The molecule has 0 bridgehead atoms. The molecule has 1 heterocycles. The van der Waals surface area contributed by atoms with Crippen molar-refractivity contribution in [2.24, 2.45) is 0 Å². The third-order valence-electron chi connectivity index (χ3n) is 2.19. The van der Waals surface area contributed by atoms with E-state index in [4.69, 9.17) is 5.26 Å². The summed E-state index contributed by atoms with van der Waals surface area (Å²) in [5.41, 5.74) is 0. The lowest BCUT2D eigenvalue weighted by Gasteiger charge is -2.01. The molecule has 1 aromatic carbocycles. The van der Waals surface area contributed by atoms with E-state index in [-0.39, 0.29) is 11.9 Å². The molecule has 0 spiro atoms. The van der Waals surface area contributed by atoms with Crippen LogP contribution in [0.4, 0.5) is 0 Å². The van der Waals surface area contributed by atoms with E-state index in [0.29, 0.717) is 12.3 Å². The van der Waals surface area contributed by atoms with Crippen molar-refractivity contribution in [2.45, 2.75) is 10.9 Å². The molecular formula is C11H10N2OS. The van der Waals surface area contributed by atoms with Gasteiger partial charge in [-0.25, -0.2) is 0 Å². The van der Waals surface area contributed by atoms with Crippen LogP contribution in [0.1, 0.15) is 0 Å². The third-order valence-corrected chi connectivity index (χ3v) is 3.18. The van der Waals surface area contributed by atoms with Gasteiger partial charge in [0.2, 0.25) is 5.91 Å². The normalized spacial score (nSPS) is 18.3. The number of carbonyl (C=O) groups is 1. The molecule has 3 nitrogen and oxygen atoms in total. The fourth-order valence-corrected chi connectivity index (χ4v) is 2.08. The number of amides is 1. The van der Waals surface area contributed by atoms with Crippen molar-refractivity contribution in [3.05, 3.63) is 30.3 Å². The molecule has 0 saturated carbocycles. The Labute approximate surface area is 92.7 Å². The van der Waals surface area contributed by atoms with Crippen molar-refractivity contribution in [2.75, 3.05) is 12.3 Å². The van der Waals surface area contributed by atoms with Gasteiger partial charge in [0.1, 0.15) is 6.04 Å². The molecule has 15 heavy (non-hydrogen) atoms. The quantitative estimate of drug-likeness (QED) is 0.570. The molecule has 1 unspecified atom stereocenters. The zero-order valence-corrected chi connectivity index (χ0v) is 8.91. The first-order chi connectivity index (χ1) is 7.31. The summed E-state index contributed by atoms with van der Waals surface area (Å²) in [6.07, 6.45) is 0. The maximum atomic E-state index is 11.5. The highest BCUT2D eigenvalue weighted by atomic mass is 32.2. The van der Waals surface area contributed by atoms with Gasteiger partial charge in [0.25, 0.3) is 0 Å². The van der Waals surface area contributed by atoms with Crippen LogP contribution in [0, 0.1) is 11.3 Å². The number of thioether (sulfide) groups is 1. The second kappa shape index (κ2) is 4.37. The van der Waals surface area contributed by atoms with Gasteiger partial charge in [0.05, 0.1) is 18.4 Å². The highest BCUT2D eigenvalue weighted by Crippen LogP contribution is 2.22. The van der Waals surface area contributed by atoms with Crippen LogP contribution in [-0.2, 0) is 4.79 Å². The first-order valence-corrected chi connectivity index (χ1v) is 5.67. The highest BCUT2D eigenvalue weighted by molar-refractivity contribution is 8.00. The number of carbonyl (C=O) groups excluding carboxylic acids is 1. The van der Waals surface area contributed by atoms with E-state index in [1.54, 1.807) is 4.90 Å². The molecule has 1 amide bonds. The Morgan fingerprint density at radius 2 is 2.27 bits per heavy atom. The first-order valence-electron chi connectivity index (χ1n) is 4.68. The zero-order valence-electron chi connectivity index (χ0n) is 8.09. The molecule has 0 aliphatic carbocycles. The molecule has 2 rings (SSSR count). The van der Waals surface area contributed by atoms with E-state index in [9.17, 15) is 4.79 Å². The van der Waals surface area contributed by atoms with Gasteiger partial charge in [-0.2, -0.15) is 5.26 Å². The summed E-state index contributed by atoms with van der Waals surface area (Å²) in [4.78, 5) is 14.2. The van der Waals surface area contributed by atoms with Crippen molar-refractivity contribution in [3.8, 4) is 6.07 Å². The second-order valence-corrected chi connectivity index (χ2v) is 4.34. The minimum absolute atomic E-state index is 0.0513. The molecule has 76 valence electrons. The fourth-order valence-electron chi connectivity index (χ4n) is 1.27. The zero-order chi connectivity index (χ0) is 10.7. The van der Waals surface area contributed by atoms with E-state index in [2.05, 4.69) is 6.07 Å². The van der Waals surface area contributed by atoms with Crippen molar-refractivity contribution in [1.82, 2.24) is 4.90 Å². The minimum atomic E-state index is -0.172. The van der Waals surface area contributed by atoms with E-state index in [0.717, 1.165) is 4.90 Å². The summed E-state index contributed by atoms with van der Waals surface area (Å²) < 4.78 is 0. The van der Waals surface area contributed by atoms with Crippen molar-refractivity contribution < 1.29 is 4.79 Å². The van der Waals surface area contributed by atoms with Gasteiger partial charge in [-0.05, 0) is 12.1 Å². The van der Waals surface area contributed by atoms with Crippen molar-refractivity contribution in [1.29, 1.82) is 5.26 Å². The summed E-state index contributed by atoms with van der Waals surface area (Å²) in [5.74, 6) is 0.470. The molecule has 1 aliphatic rings. The smallest absolute Gasteiger partial charge is 0.234 e. The predicted octanol–water partition coefficient (Wildman–Crippen LogP) is 1.51. The van der Waals surface area contributed by atoms with Crippen LogP contribution in [0.15, 0.2) is 35.2 Å². The van der Waals surface area contributed by atoms with Crippen LogP contribution in [-0.4, -0.2) is 29.1 Å². The Kier molecular flexibility index (Phi) is 2.93. The monoisotopic (exact) mass is 218 g/mol. The van der Waals surface area contributed by atoms with Crippen molar-refractivity contribution in [3.63, 3.8) is 0 Å². The highest BCUT2D eigenvalue weighted by Gasteiger charge is 2.37. The number of benzene rings is 1. The fraction of sp³-hybridized carbons (Fsp3) is 0.273. The number of hydrogen-bond acceptors (Lipinski definition) is 3. The van der Waals surface area contributed by atoms with E-state index < -0.39 is 0 Å². The van der Waals surface area contributed by atoms with Gasteiger partial charge in [0.15, 0.2) is 0 Å². The number of nitriles is 1. The molecular weight excluding hydrogens is 208 g/mol. The second-order valence-electron chi connectivity index (χ2n) is 3.29. The van der Waals surface area contributed by atoms with Gasteiger partial charge in [-0.3, -0.25) is 4.79 Å². The van der Waals surface area contributed by atoms with Crippen LogP contribution in [0.3, 0.4) is 0 Å².